The Bertz CT molecular complexity index is 1570. The smallest absolute Gasteiger partial charge is 0.335 e. The molecule has 6 nitrogen and oxygen atoms in total. The summed E-state index contributed by atoms with van der Waals surface area (Å²) in [7, 11) is 0. The van der Waals surface area contributed by atoms with E-state index in [0.717, 1.165) is 29.3 Å². The summed E-state index contributed by atoms with van der Waals surface area (Å²) in [6.45, 7) is 0.377. The van der Waals surface area contributed by atoms with Crippen LogP contribution in [0.1, 0.15) is 11.1 Å². The van der Waals surface area contributed by atoms with Gasteiger partial charge in [0.05, 0.1) is 13.7 Å². The fraction of sp³-hybridized carbons (Fsp3) is 0.0357. The molecule has 4 amide bonds. The number of benzene rings is 4. The molecule has 0 atom stereocenters. The number of carbonyl (C=O) groups is 3. The summed E-state index contributed by atoms with van der Waals surface area (Å²) in [5, 5.41) is 4.52. The van der Waals surface area contributed by atoms with Gasteiger partial charge in [0.1, 0.15) is 17.9 Å². The Morgan fingerprint density at radius 3 is 2.41 bits per heavy atom. The van der Waals surface area contributed by atoms with E-state index in [2.05, 4.69) is 78.0 Å². The van der Waals surface area contributed by atoms with Crippen molar-refractivity contribution in [3.8, 4) is 5.75 Å². The predicted octanol–water partition coefficient (Wildman–Crippen LogP) is 7.21. The number of amides is 4. The van der Waals surface area contributed by atoms with E-state index in [1.807, 2.05) is 30.3 Å². The van der Waals surface area contributed by atoms with E-state index >= 15 is 0 Å². The molecular weight excluding hydrogens is 715 g/mol. The third-order valence-corrected chi connectivity index (χ3v) is 7.69. The molecule has 4 aromatic rings. The Labute approximate surface area is 243 Å². The topological polar surface area (TPSA) is 75.7 Å². The van der Waals surface area contributed by atoms with Gasteiger partial charge in [0, 0.05) is 4.47 Å². The van der Waals surface area contributed by atoms with Gasteiger partial charge in [-0.3, -0.25) is 14.9 Å². The third kappa shape index (κ3) is 5.34. The summed E-state index contributed by atoms with van der Waals surface area (Å²) in [5.41, 5.74) is 1.89. The number of imide groups is 2. The van der Waals surface area contributed by atoms with E-state index in [4.69, 9.17) is 4.74 Å². The van der Waals surface area contributed by atoms with Crippen molar-refractivity contribution in [3.63, 3.8) is 0 Å². The first-order chi connectivity index (χ1) is 17.8. The number of carbonyl (C=O) groups excluding carboxylic acids is 3. The fourth-order valence-electron chi connectivity index (χ4n) is 4.02. The third-order valence-electron chi connectivity index (χ3n) is 5.77. The maximum atomic E-state index is 13.2. The highest BCUT2D eigenvalue weighted by Crippen LogP contribution is 2.34. The van der Waals surface area contributed by atoms with Crippen molar-refractivity contribution in [2.75, 3.05) is 4.90 Å². The van der Waals surface area contributed by atoms with Crippen LogP contribution in [0.5, 0.6) is 5.75 Å². The number of rotatable bonds is 5. The van der Waals surface area contributed by atoms with Crippen molar-refractivity contribution >= 4 is 94.8 Å². The van der Waals surface area contributed by atoms with E-state index < -0.39 is 17.8 Å². The van der Waals surface area contributed by atoms with Crippen LogP contribution >= 0.6 is 54.5 Å². The molecule has 0 aliphatic carbocycles. The first-order valence-electron chi connectivity index (χ1n) is 11.1. The number of hydrogen-bond acceptors (Lipinski definition) is 4. The molecule has 0 unspecified atom stereocenters. The normalized spacial score (nSPS) is 14.8. The Morgan fingerprint density at radius 2 is 1.65 bits per heavy atom. The molecule has 5 rings (SSSR count). The molecule has 1 N–H and O–H groups in total. The van der Waals surface area contributed by atoms with Gasteiger partial charge in [0.2, 0.25) is 0 Å². The summed E-state index contributed by atoms with van der Waals surface area (Å²) in [6.07, 6.45) is 1.47. The van der Waals surface area contributed by atoms with E-state index in [9.17, 15) is 14.4 Å². The molecule has 0 saturated carbocycles. The minimum absolute atomic E-state index is 0.144. The molecular formula is C28H17Br2IN2O4. The van der Waals surface area contributed by atoms with Crippen molar-refractivity contribution in [3.05, 3.63) is 108 Å². The average Bonchev–Trinajstić information content (AvgIpc) is 2.87. The lowest BCUT2D eigenvalue weighted by atomic mass is 10.1. The molecule has 0 aromatic heterocycles. The zero-order valence-corrected chi connectivity index (χ0v) is 24.3. The highest BCUT2D eigenvalue weighted by Gasteiger charge is 2.36. The lowest BCUT2D eigenvalue weighted by Crippen LogP contribution is -2.54. The second-order valence-corrected chi connectivity index (χ2v) is 11.1. The first kappa shape index (κ1) is 25.6. The Hall–Kier alpha value is -3.02. The average molecular weight is 732 g/mol. The van der Waals surface area contributed by atoms with Crippen LogP contribution in [-0.2, 0) is 16.2 Å². The van der Waals surface area contributed by atoms with Crippen LogP contribution in [0.4, 0.5) is 10.5 Å². The minimum Gasteiger partial charge on any atom is -0.487 e. The van der Waals surface area contributed by atoms with Crippen LogP contribution in [-0.4, -0.2) is 17.8 Å². The van der Waals surface area contributed by atoms with Crippen LogP contribution in [0.15, 0.2) is 93.4 Å². The van der Waals surface area contributed by atoms with Gasteiger partial charge < -0.3 is 4.74 Å². The van der Waals surface area contributed by atoms with E-state index in [-0.39, 0.29) is 5.57 Å². The molecule has 0 bridgehead atoms. The number of halogens is 3. The molecule has 184 valence electrons. The maximum Gasteiger partial charge on any atom is 0.335 e. The van der Waals surface area contributed by atoms with Crippen LogP contribution < -0.4 is 15.0 Å². The zero-order chi connectivity index (χ0) is 26.1. The minimum atomic E-state index is -0.789. The van der Waals surface area contributed by atoms with Gasteiger partial charge in [0.15, 0.2) is 0 Å². The van der Waals surface area contributed by atoms with Gasteiger partial charge in [-0.05, 0) is 103 Å². The van der Waals surface area contributed by atoms with Gasteiger partial charge in [0.25, 0.3) is 11.8 Å². The summed E-state index contributed by atoms with van der Waals surface area (Å²) < 4.78 is 8.44. The Balaban J connectivity index is 1.41. The largest absolute Gasteiger partial charge is 0.487 e. The molecule has 4 aromatic carbocycles. The molecule has 37 heavy (non-hydrogen) atoms. The lowest BCUT2D eigenvalue weighted by molar-refractivity contribution is -0.122. The molecule has 0 spiro atoms. The van der Waals surface area contributed by atoms with E-state index in [0.29, 0.717) is 28.1 Å². The Morgan fingerprint density at radius 1 is 0.919 bits per heavy atom. The monoisotopic (exact) mass is 730 g/mol. The first-order valence-corrected chi connectivity index (χ1v) is 13.7. The van der Waals surface area contributed by atoms with Crippen LogP contribution in [0, 0.1) is 3.57 Å². The lowest BCUT2D eigenvalue weighted by Gasteiger charge is -2.26. The molecule has 1 saturated heterocycles. The summed E-state index contributed by atoms with van der Waals surface area (Å²) in [5.74, 6) is -0.786. The van der Waals surface area contributed by atoms with Gasteiger partial charge in [-0.25, -0.2) is 9.69 Å². The van der Waals surface area contributed by atoms with Crippen molar-refractivity contribution in [1.82, 2.24) is 5.32 Å². The summed E-state index contributed by atoms with van der Waals surface area (Å²) >= 11 is 9.06. The molecule has 1 fully saturated rings. The second kappa shape index (κ2) is 10.8. The van der Waals surface area contributed by atoms with Gasteiger partial charge in [-0.15, -0.1) is 0 Å². The van der Waals surface area contributed by atoms with Crippen molar-refractivity contribution in [2.24, 2.45) is 0 Å². The molecule has 0 radical (unpaired) electrons. The predicted molar refractivity (Wildman–Crippen MR) is 158 cm³/mol. The number of ether oxygens (including phenoxy) is 1. The SMILES string of the molecule is O=C1NC(=O)N(c2ccc(Br)cc2)C(=O)/C1=C/c1cc(Br)c(OCc2cccc3ccccc23)c(I)c1. The van der Waals surface area contributed by atoms with Crippen molar-refractivity contribution in [1.29, 1.82) is 0 Å². The van der Waals surface area contributed by atoms with Crippen molar-refractivity contribution < 1.29 is 19.1 Å². The summed E-state index contributed by atoms with van der Waals surface area (Å²) in [6, 6.07) is 23.7. The number of urea groups is 1. The number of barbiturate groups is 1. The fourth-order valence-corrected chi connectivity index (χ4v) is 6.05. The molecule has 1 aliphatic heterocycles. The number of fused-ring (bicyclic) bond motifs is 1. The van der Waals surface area contributed by atoms with Crippen LogP contribution in [0.3, 0.4) is 0 Å². The zero-order valence-electron chi connectivity index (χ0n) is 19.0. The highest BCUT2D eigenvalue weighted by atomic mass is 127. The maximum absolute atomic E-state index is 13.2. The van der Waals surface area contributed by atoms with Gasteiger partial charge >= 0.3 is 6.03 Å². The second-order valence-electron chi connectivity index (χ2n) is 8.17. The number of hydrogen-bond donors (Lipinski definition) is 1. The van der Waals surface area contributed by atoms with Crippen LogP contribution in [0.25, 0.3) is 16.8 Å². The quantitative estimate of drug-likeness (QED) is 0.134. The summed E-state index contributed by atoms with van der Waals surface area (Å²) in [4.78, 5) is 39.1. The molecule has 1 heterocycles. The van der Waals surface area contributed by atoms with E-state index in [1.54, 1.807) is 30.3 Å². The standard InChI is InChI=1S/C28H17Br2IN2O4/c29-19-8-10-20(11-9-19)33-27(35)22(26(34)32-28(33)36)12-16-13-23(30)25(24(31)14-16)37-15-18-6-3-5-17-4-1-2-7-21(17)18/h1-14H,15H2,(H,32,34,36)/b22-12+. The molecule has 9 heteroatoms. The molecule has 1 aliphatic rings. The number of nitrogens with one attached hydrogen (secondary N) is 1. The van der Waals surface area contributed by atoms with Gasteiger partial charge in [-0.1, -0.05) is 58.4 Å². The number of anilines is 1. The highest BCUT2D eigenvalue weighted by molar-refractivity contribution is 14.1. The van der Waals surface area contributed by atoms with E-state index in [1.165, 1.54) is 6.08 Å². The van der Waals surface area contributed by atoms with Gasteiger partial charge in [-0.2, -0.15) is 0 Å². The van der Waals surface area contributed by atoms with Crippen molar-refractivity contribution in [2.45, 2.75) is 6.61 Å². The number of nitrogens with zero attached hydrogens (tertiary/aromatic N) is 1. The van der Waals surface area contributed by atoms with Crippen LogP contribution in [0.2, 0.25) is 0 Å². The Kier molecular flexibility index (Phi) is 7.45.